The van der Waals surface area contributed by atoms with Crippen molar-refractivity contribution in [3.05, 3.63) is 27.7 Å². The molecule has 0 aliphatic carbocycles. The first-order chi connectivity index (χ1) is 8.00. The average Bonchev–Trinajstić information content (AvgIpc) is 2.07. The van der Waals surface area contributed by atoms with Crippen LogP contribution in [-0.4, -0.2) is 28.2 Å². The number of halogens is 1. The topological polar surface area (TPSA) is 80.3 Å². The fraction of sp³-hybridized carbons (Fsp3) is 0.400. The van der Waals surface area contributed by atoms with Gasteiger partial charge in [-0.05, 0) is 37.1 Å². The van der Waals surface area contributed by atoms with Crippen molar-refractivity contribution in [3.63, 3.8) is 0 Å². The van der Waals surface area contributed by atoms with Crippen LogP contribution in [0, 0.1) is 13.8 Å². The summed E-state index contributed by atoms with van der Waals surface area (Å²) in [7, 11) is -7.50. The molecule has 0 bridgehead atoms. The van der Waals surface area contributed by atoms with E-state index in [1.165, 1.54) is 0 Å². The summed E-state index contributed by atoms with van der Waals surface area (Å²) in [5, 5.41) is -0.922. The SMILES string of the molecule is Cc1cc(Br)cc(C)c1NS(=O)(=O)CS(C)(=O)=O. The highest BCUT2D eigenvalue weighted by molar-refractivity contribution is 9.10. The zero-order valence-electron chi connectivity index (χ0n) is 10.2. The van der Waals surface area contributed by atoms with Crippen LogP contribution in [0.15, 0.2) is 16.6 Å². The molecule has 5 nitrogen and oxygen atoms in total. The molecule has 8 heteroatoms. The van der Waals surface area contributed by atoms with Gasteiger partial charge in [0.2, 0.25) is 10.0 Å². The van der Waals surface area contributed by atoms with Crippen LogP contribution in [0.4, 0.5) is 5.69 Å². The van der Waals surface area contributed by atoms with Crippen molar-refractivity contribution in [1.82, 2.24) is 0 Å². The first kappa shape index (κ1) is 15.5. The molecule has 1 aromatic carbocycles. The molecule has 0 spiro atoms. The minimum atomic E-state index is -3.90. The quantitative estimate of drug-likeness (QED) is 0.892. The maximum Gasteiger partial charge on any atom is 0.247 e. The highest BCUT2D eigenvalue weighted by Gasteiger charge is 2.19. The number of anilines is 1. The van der Waals surface area contributed by atoms with Crippen LogP contribution >= 0.6 is 15.9 Å². The maximum atomic E-state index is 11.7. The lowest BCUT2D eigenvalue weighted by molar-refractivity contribution is 0.595. The number of aryl methyl sites for hydroxylation is 2. The highest BCUT2D eigenvalue weighted by Crippen LogP contribution is 2.26. The first-order valence-electron chi connectivity index (χ1n) is 4.95. The zero-order valence-corrected chi connectivity index (χ0v) is 13.4. The van der Waals surface area contributed by atoms with Gasteiger partial charge in [0.15, 0.2) is 14.9 Å². The van der Waals surface area contributed by atoms with Gasteiger partial charge in [-0.3, -0.25) is 4.72 Å². The predicted molar refractivity (Wildman–Crippen MR) is 75.9 cm³/mol. The van der Waals surface area contributed by atoms with Crippen molar-refractivity contribution in [2.45, 2.75) is 13.8 Å². The number of sulfonamides is 1. The fourth-order valence-corrected chi connectivity index (χ4v) is 5.35. The fourth-order valence-electron chi connectivity index (χ4n) is 1.54. The molecule has 0 amide bonds. The molecule has 1 rings (SSSR count). The number of hydrogen-bond donors (Lipinski definition) is 1. The van der Waals surface area contributed by atoms with Gasteiger partial charge in [-0.15, -0.1) is 0 Å². The molecule has 0 atom stereocenters. The van der Waals surface area contributed by atoms with Crippen molar-refractivity contribution in [2.75, 3.05) is 16.1 Å². The van der Waals surface area contributed by atoms with E-state index in [-0.39, 0.29) is 0 Å². The number of nitrogens with one attached hydrogen (secondary N) is 1. The number of hydrogen-bond acceptors (Lipinski definition) is 4. The number of benzene rings is 1. The molecule has 0 unspecified atom stereocenters. The van der Waals surface area contributed by atoms with Gasteiger partial charge in [0.05, 0.1) is 5.69 Å². The molecule has 0 saturated carbocycles. The lowest BCUT2D eigenvalue weighted by Gasteiger charge is -2.13. The Bertz CT molecular complexity index is 642. The third-order valence-electron chi connectivity index (χ3n) is 2.12. The summed E-state index contributed by atoms with van der Waals surface area (Å²) in [5.74, 6) is 0. The van der Waals surface area contributed by atoms with E-state index in [9.17, 15) is 16.8 Å². The van der Waals surface area contributed by atoms with Gasteiger partial charge in [0.1, 0.15) is 0 Å². The van der Waals surface area contributed by atoms with E-state index < -0.39 is 24.9 Å². The second-order valence-corrected chi connectivity index (χ2v) is 9.32. The Morgan fingerprint density at radius 1 is 1.11 bits per heavy atom. The Morgan fingerprint density at radius 2 is 1.56 bits per heavy atom. The second-order valence-electron chi connectivity index (χ2n) is 4.17. The normalized spacial score (nSPS) is 12.4. The van der Waals surface area contributed by atoms with Crippen molar-refractivity contribution in [2.24, 2.45) is 0 Å². The van der Waals surface area contributed by atoms with E-state index in [1.54, 1.807) is 26.0 Å². The van der Waals surface area contributed by atoms with Gasteiger partial charge in [-0.1, -0.05) is 15.9 Å². The molecule has 1 aromatic rings. The third-order valence-corrected chi connectivity index (χ3v) is 6.05. The van der Waals surface area contributed by atoms with Crippen LogP contribution in [-0.2, 0) is 19.9 Å². The van der Waals surface area contributed by atoms with Crippen LogP contribution < -0.4 is 4.72 Å². The lowest BCUT2D eigenvalue weighted by Crippen LogP contribution is -2.23. The van der Waals surface area contributed by atoms with Crippen molar-refractivity contribution >= 4 is 41.5 Å². The van der Waals surface area contributed by atoms with Gasteiger partial charge in [-0.2, -0.15) is 0 Å². The standard InChI is InChI=1S/C10H14BrNO4S2/c1-7-4-9(11)5-8(2)10(7)12-18(15,16)6-17(3,13)14/h4-5,12H,6H2,1-3H3. The van der Waals surface area contributed by atoms with E-state index in [0.29, 0.717) is 5.69 Å². The van der Waals surface area contributed by atoms with Gasteiger partial charge in [-0.25, -0.2) is 16.8 Å². The molecule has 0 aromatic heterocycles. The summed E-state index contributed by atoms with van der Waals surface area (Å²) >= 11 is 3.30. The van der Waals surface area contributed by atoms with E-state index >= 15 is 0 Å². The molecule has 0 radical (unpaired) electrons. The number of sulfone groups is 1. The first-order valence-corrected chi connectivity index (χ1v) is 9.46. The molecule has 0 heterocycles. The minimum absolute atomic E-state index is 0.418. The Hall–Kier alpha value is -0.600. The molecule has 0 saturated heterocycles. The Labute approximate surface area is 116 Å². The Balaban J connectivity index is 3.13. The largest absolute Gasteiger partial charge is 0.282 e. The minimum Gasteiger partial charge on any atom is -0.282 e. The smallest absolute Gasteiger partial charge is 0.247 e. The average molecular weight is 356 g/mol. The van der Waals surface area contributed by atoms with Crippen LogP contribution in [0.2, 0.25) is 0 Å². The summed E-state index contributed by atoms with van der Waals surface area (Å²) in [5.41, 5.74) is 1.86. The number of rotatable bonds is 4. The van der Waals surface area contributed by atoms with Crippen molar-refractivity contribution in [3.8, 4) is 0 Å². The van der Waals surface area contributed by atoms with Crippen LogP contribution in [0.25, 0.3) is 0 Å². The van der Waals surface area contributed by atoms with E-state index in [4.69, 9.17) is 0 Å². The maximum absolute atomic E-state index is 11.7. The lowest BCUT2D eigenvalue weighted by atomic mass is 10.1. The molecule has 102 valence electrons. The van der Waals surface area contributed by atoms with Crippen molar-refractivity contribution in [1.29, 1.82) is 0 Å². The van der Waals surface area contributed by atoms with Crippen molar-refractivity contribution < 1.29 is 16.8 Å². The molecular weight excluding hydrogens is 342 g/mol. The third kappa shape index (κ3) is 4.58. The Morgan fingerprint density at radius 3 is 1.94 bits per heavy atom. The second kappa shape index (κ2) is 5.18. The summed E-state index contributed by atoms with van der Waals surface area (Å²) in [6, 6.07) is 3.51. The zero-order chi connectivity index (χ0) is 14.1. The van der Waals surface area contributed by atoms with Gasteiger partial charge in [0, 0.05) is 10.7 Å². The summed E-state index contributed by atoms with van der Waals surface area (Å²) in [4.78, 5) is 0. The summed E-state index contributed by atoms with van der Waals surface area (Å²) in [6.07, 6.45) is 0.882. The molecule has 0 aliphatic rings. The van der Waals surface area contributed by atoms with Crippen LogP contribution in [0.5, 0.6) is 0 Å². The monoisotopic (exact) mass is 355 g/mol. The van der Waals surface area contributed by atoms with E-state index in [1.807, 2.05) is 0 Å². The summed E-state index contributed by atoms with van der Waals surface area (Å²) < 4.78 is 48.6. The molecule has 0 aliphatic heterocycles. The van der Waals surface area contributed by atoms with E-state index in [2.05, 4.69) is 20.7 Å². The van der Waals surface area contributed by atoms with Crippen LogP contribution in [0.3, 0.4) is 0 Å². The molecule has 0 fully saturated rings. The van der Waals surface area contributed by atoms with Gasteiger partial charge >= 0.3 is 0 Å². The predicted octanol–water partition coefficient (Wildman–Crippen LogP) is 1.81. The van der Waals surface area contributed by atoms with Gasteiger partial charge < -0.3 is 0 Å². The Kier molecular flexibility index (Phi) is 4.45. The van der Waals surface area contributed by atoms with E-state index in [0.717, 1.165) is 21.9 Å². The molecular formula is C10H14BrNO4S2. The molecule has 1 N–H and O–H groups in total. The highest BCUT2D eigenvalue weighted by atomic mass is 79.9. The van der Waals surface area contributed by atoms with Crippen LogP contribution in [0.1, 0.15) is 11.1 Å². The summed E-state index contributed by atoms with van der Waals surface area (Å²) in [6.45, 7) is 3.49. The molecule has 18 heavy (non-hydrogen) atoms. The van der Waals surface area contributed by atoms with Gasteiger partial charge in [0.25, 0.3) is 0 Å².